The maximum atomic E-state index is 13.6. The smallest absolute Gasteiger partial charge is 0.270 e. The number of benzene rings is 2. The van der Waals surface area contributed by atoms with Crippen LogP contribution >= 0.6 is 0 Å². The monoisotopic (exact) mass is 527 g/mol. The van der Waals surface area contributed by atoms with Crippen molar-refractivity contribution >= 4 is 17.6 Å². The van der Waals surface area contributed by atoms with Crippen molar-refractivity contribution in [2.24, 2.45) is 0 Å². The summed E-state index contributed by atoms with van der Waals surface area (Å²) >= 11 is 0. The zero-order valence-corrected chi connectivity index (χ0v) is 20.6. The second-order valence-corrected chi connectivity index (χ2v) is 9.28. The Morgan fingerprint density at radius 3 is 2.82 bits per heavy atom. The normalized spacial score (nSPS) is 14.4. The summed E-state index contributed by atoms with van der Waals surface area (Å²) in [4.78, 5) is 34.5. The first kappa shape index (κ1) is 24.2. The predicted molar refractivity (Wildman–Crippen MR) is 135 cm³/mol. The number of hydrogen-bond donors (Lipinski definition) is 4. The minimum Gasteiger partial charge on any atom is -0.492 e. The Morgan fingerprint density at radius 1 is 1.15 bits per heavy atom. The highest BCUT2D eigenvalue weighted by atomic mass is 19.1. The lowest BCUT2D eigenvalue weighted by molar-refractivity contribution is 0.0930. The third-order valence-corrected chi connectivity index (χ3v) is 6.70. The van der Waals surface area contributed by atoms with Crippen molar-refractivity contribution in [2.75, 3.05) is 0 Å². The number of nitrogens with one attached hydrogen (secondary N) is 3. The Hall–Kier alpha value is -5.20. The van der Waals surface area contributed by atoms with Crippen LogP contribution in [0, 0.1) is 12.7 Å². The number of tetrazole rings is 1. The van der Waals surface area contributed by atoms with E-state index in [-0.39, 0.29) is 41.4 Å². The number of halogens is 1. The van der Waals surface area contributed by atoms with Gasteiger partial charge in [0.25, 0.3) is 11.8 Å². The van der Waals surface area contributed by atoms with E-state index in [2.05, 4.69) is 41.2 Å². The Balaban J connectivity index is 1.23. The fourth-order valence-electron chi connectivity index (χ4n) is 4.76. The topological polar surface area (TPSA) is 163 Å². The van der Waals surface area contributed by atoms with Crippen LogP contribution in [0.25, 0.3) is 17.2 Å². The fourth-order valence-corrected chi connectivity index (χ4v) is 4.76. The molecule has 3 aromatic heterocycles. The number of carbonyl (C=O) groups is 2. The lowest BCUT2D eigenvalue weighted by Gasteiger charge is -2.15. The van der Waals surface area contributed by atoms with Crippen LogP contribution in [0.3, 0.4) is 0 Å². The summed E-state index contributed by atoms with van der Waals surface area (Å²) < 4.78 is 14.9. The van der Waals surface area contributed by atoms with Gasteiger partial charge in [0.2, 0.25) is 17.5 Å². The van der Waals surface area contributed by atoms with Gasteiger partial charge in [0.1, 0.15) is 17.2 Å². The Bertz CT molecular complexity index is 1730. The first-order valence-corrected chi connectivity index (χ1v) is 12.2. The molecule has 6 rings (SSSR count). The third kappa shape index (κ3) is 4.65. The number of nitrogens with zero attached hydrogens (tertiary/aromatic N) is 6. The molecule has 0 unspecified atom stereocenters. The molecule has 5 aromatic rings. The van der Waals surface area contributed by atoms with E-state index in [4.69, 9.17) is 0 Å². The number of hydrogen-bond acceptors (Lipinski definition) is 8. The van der Waals surface area contributed by atoms with Gasteiger partial charge in [-0.25, -0.2) is 9.37 Å². The summed E-state index contributed by atoms with van der Waals surface area (Å²) in [5.41, 5.74) is 4.09. The van der Waals surface area contributed by atoms with E-state index in [9.17, 15) is 19.1 Å². The number of aromatic hydroxyl groups is 1. The van der Waals surface area contributed by atoms with Crippen LogP contribution in [0.5, 0.6) is 5.88 Å². The number of H-pyrrole nitrogens is 1. The van der Waals surface area contributed by atoms with Crippen molar-refractivity contribution in [3.63, 3.8) is 0 Å². The molecule has 0 radical (unpaired) electrons. The summed E-state index contributed by atoms with van der Waals surface area (Å²) in [7, 11) is 0. The van der Waals surface area contributed by atoms with E-state index >= 15 is 0 Å². The van der Waals surface area contributed by atoms with Gasteiger partial charge in [0.15, 0.2) is 0 Å². The SMILES string of the molecule is Cc1cc(CNC(=O)c2cc(C(=O)N[C@H]3CCc4cc(-c5nn[nH]n5)ccc43)n3cc(O)nc3n2)ccc1F. The van der Waals surface area contributed by atoms with Crippen LogP contribution in [0.2, 0.25) is 0 Å². The van der Waals surface area contributed by atoms with Crippen molar-refractivity contribution < 1.29 is 19.1 Å². The molecule has 1 atom stereocenters. The molecular formula is C26H22FN9O3. The van der Waals surface area contributed by atoms with Gasteiger partial charge in [-0.2, -0.15) is 10.2 Å². The number of rotatable bonds is 6. The van der Waals surface area contributed by atoms with Crippen molar-refractivity contribution in [3.8, 4) is 17.3 Å². The lowest BCUT2D eigenvalue weighted by Crippen LogP contribution is -2.30. The molecule has 4 N–H and O–H groups in total. The minimum absolute atomic E-state index is 0.000461. The number of aromatic amines is 1. The van der Waals surface area contributed by atoms with Crippen LogP contribution in [0.15, 0.2) is 48.7 Å². The van der Waals surface area contributed by atoms with Gasteiger partial charge < -0.3 is 15.7 Å². The van der Waals surface area contributed by atoms with Gasteiger partial charge >= 0.3 is 0 Å². The second kappa shape index (κ2) is 9.59. The molecule has 0 saturated heterocycles. The highest BCUT2D eigenvalue weighted by Crippen LogP contribution is 2.33. The molecule has 0 bridgehead atoms. The molecule has 2 amide bonds. The number of aromatic nitrogens is 7. The molecule has 13 heteroatoms. The average molecular weight is 528 g/mol. The second-order valence-electron chi connectivity index (χ2n) is 9.28. The minimum atomic E-state index is -0.545. The zero-order valence-electron chi connectivity index (χ0n) is 20.6. The largest absolute Gasteiger partial charge is 0.492 e. The van der Waals surface area contributed by atoms with Crippen molar-refractivity contribution in [1.29, 1.82) is 0 Å². The highest BCUT2D eigenvalue weighted by Gasteiger charge is 2.27. The van der Waals surface area contributed by atoms with Gasteiger partial charge in [0, 0.05) is 12.1 Å². The molecule has 12 nitrogen and oxygen atoms in total. The highest BCUT2D eigenvalue weighted by molar-refractivity contribution is 5.98. The van der Waals surface area contributed by atoms with Crippen molar-refractivity contribution in [3.05, 3.63) is 88.1 Å². The van der Waals surface area contributed by atoms with Crippen LogP contribution in [0.4, 0.5) is 4.39 Å². The maximum Gasteiger partial charge on any atom is 0.270 e. The summed E-state index contributed by atoms with van der Waals surface area (Å²) in [6.07, 6.45) is 2.70. The van der Waals surface area contributed by atoms with Crippen LogP contribution in [-0.4, -0.2) is 51.9 Å². The van der Waals surface area contributed by atoms with Gasteiger partial charge in [-0.15, -0.1) is 10.2 Å². The fraction of sp³-hybridized carbons (Fsp3) is 0.192. The van der Waals surface area contributed by atoms with E-state index in [0.29, 0.717) is 23.4 Å². The number of imidazole rings is 1. The van der Waals surface area contributed by atoms with Gasteiger partial charge in [-0.1, -0.05) is 24.3 Å². The van der Waals surface area contributed by atoms with Crippen LogP contribution in [0.1, 0.15) is 55.7 Å². The van der Waals surface area contributed by atoms with Crippen LogP contribution in [-0.2, 0) is 13.0 Å². The predicted octanol–water partition coefficient (Wildman–Crippen LogP) is 2.41. The molecule has 3 heterocycles. The molecule has 0 spiro atoms. The summed E-state index contributed by atoms with van der Waals surface area (Å²) in [5.74, 6) is -1.18. The quantitative estimate of drug-likeness (QED) is 0.262. The Morgan fingerprint density at radius 2 is 2.03 bits per heavy atom. The first-order valence-electron chi connectivity index (χ1n) is 12.2. The molecule has 0 fully saturated rings. The Labute approximate surface area is 220 Å². The lowest BCUT2D eigenvalue weighted by atomic mass is 10.0. The van der Waals surface area contributed by atoms with Crippen molar-refractivity contribution in [2.45, 2.75) is 32.4 Å². The van der Waals surface area contributed by atoms with Gasteiger partial charge in [-0.3, -0.25) is 14.0 Å². The van der Waals surface area contributed by atoms with E-state index in [1.54, 1.807) is 19.1 Å². The molecule has 0 saturated carbocycles. The molecule has 0 aliphatic heterocycles. The number of carbonyl (C=O) groups excluding carboxylic acids is 2. The Kier molecular flexibility index (Phi) is 5.94. The zero-order chi connectivity index (χ0) is 27.1. The van der Waals surface area contributed by atoms with Gasteiger partial charge in [-0.05, 0) is 65.4 Å². The molecule has 1 aliphatic carbocycles. The number of aryl methyl sites for hydroxylation is 2. The summed E-state index contributed by atoms with van der Waals surface area (Å²) in [6, 6.07) is 11.4. The first-order chi connectivity index (χ1) is 18.9. The van der Waals surface area contributed by atoms with E-state index in [1.165, 1.54) is 22.7 Å². The molecule has 39 heavy (non-hydrogen) atoms. The van der Waals surface area contributed by atoms with E-state index < -0.39 is 11.8 Å². The number of amides is 2. The van der Waals surface area contributed by atoms with Gasteiger partial charge in [0.05, 0.1) is 12.2 Å². The van der Waals surface area contributed by atoms with E-state index in [0.717, 1.165) is 23.1 Å². The summed E-state index contributed by atoms with van der Waals surface area (Å²) in [5, 5.41) is 29.8. The molecule has 1 aliphatic rings. The summed E-state index contributed by atoms with van der Waals surface area (Å²) in [6.45, 7) is 1.78. The van der Waals surface area contributed by atoms with E-state index in [1.807, 2.05) is 18.2 Å². The third-order valence-electron chi connectivity index (χ3n) is 6.70. The molecular weight excluding hydrogens is 505 g/mol. The number of fused-ring (bicyclic) bond motifs is 2. The molecule has 196 valence electrons. The van der Waals surface area contributed by atoms with Crippen LogP contribution < -0.4 is 10.6 Å². The standard InChI is InChI=1S/C26H22FN9O3/c1-13-8-14(2-6-18(13)27)11-28-24(38)20-10-21(36-12-22(37)31-26(36)30-20)25(39)29-19-7-4-15-9-16(3-5-17(15)19)23-32-34-35-33-23/h2-3,5-6,8-10,12,19,37H,4,7,11H2,1H3,(H,28,38)(H,29,39)(H,32,33,34,35)/t19-/m0/s1. The van der Waals surface area contributed by atoms with Crippen molar-refractivity contribution in [1.82, 2.24) is 45.6 Å². The average Bonchev–Trinajstić information content (AvgIpc) is 3.68. The molecule has 2 aromatic carbocycles. The maximum absolute atomic E-state index is 13.6.